The number of morpholine rings is 1. The zero-order valence-corrected chi connectivity index (χ0v) is 14.4. The lowest BCUT2D eigenvalue weighted by Gasteiger charge is -2.29. The van der Waals surface area contributed by atoms with E-state index >= 15 is 0 Å². The maximum Gasteiger partial charge on any atom is 0.242 e. The van der Waals surface area contributed by atoms with Gasteiger partial charge in [-0.25, -0.2) is 0 Å². The van der Waals surface area contributed by atoms with Crippen molar-refractivity contribution in [3.63, 3.8) is 0 Å². The number of benzene rings is 1. The van der Waals surface area contributed by atoms with E-state index in [-0.39, 0.29) is 17.7 Å². The summed E-state index contributed by atoms with van der Waals surface area (Å²) in [6.45, 7) is 2.86. The molecule has 2 aliphatic heterocycles. The van der Waals surface area contributed by atoms with Crippen molar-refractivity contribution < 1.29 is 19.4 Å². The van der Waals surface area contributed by atoms with Crippen molar-refractivity contribution in [3.8, 4) is 22.6 Å². The third kappa shape index (κ3) is 3.36. The molecule has 1 fully saturated rings. The number of rotatable bonds is 2. The number of nitrogens with one attached hydrogen (secondary N) is 1. The first-order chi connectivity index (χ1) is 12.7. The number of phenolic OH excluding ortho intramolecular Hbond substituents is 1. The molecule has 7 heteroatoms. The number of aromatic hydroxyl groups is 1. The summed E-state index contributed by atoms with van der Waals surface area (Å²) in [7, 11) is 0. The van der Waals surface area contributed by atoms with Crippen LogP contribution in [-0.2, 0) is 16.1 Å². The highest BCUT2D eigenvalue weighted by atomic mass is 16.5. The number of carbonyl (C=O) groups excluding carboxylic acids is 1. The molecule has 1 aromatic heterocycles. The molecule has 1 aromatic carbocycles. The van der Waals surface area contributed by atoms with Crippen LogP contribution in [0, 0.1) is 0 Å². The normalized spacial score (nSPS) is 20.0. The van der Waals surface area contributed by atoms with Crippen LogP contribution in [0.25, 0.3) is 11.1 Å². The minimum Gasteiger partial charge on any atom is -0.504 e. The van der Waals surface area contributed by atoms with Crippen molar-refractivity contribution in [1.82, 2.24) is 15.2 Å². The van der Waals surface area contributed by atoms with Crippen LogP contribution in [0.15, 0.2) is 36.7 Å². The number of hydrogen-bond acceptors (Lipinski definition) is 6. The molecule has 2 aliphatic rings. The molecule has 0 bridgehead atoms. The van der Waals surface area contributed by atoms with E-state index in [1.165, 1.54) is 0 Å². The van der Waals surface area contributed by atoms with E-state index < -0.39 is 0 Å². The maximum absolute atomic E-state index is 12.8. The van der Waals surface area contributed by atoms with Crippen molar-refractivity contribution in [2.75, 3.05) is 32.9 Å². The fourth-order valence-electron chi connectivity index (χ4n) is 3.33. The summed E-state index contributed by atoms with van der Waals surface area (Å²) in [5.41, 5.74) is 2.52. The topological polar surface area (TPSA) is 83.9 Å². The van der Waals surface area contributed by atoms with Gasteiger partial charge in [0, 0.05) is 36.6 Å². The number of ether oxygens (including phenoxy) is 2. The first-order valence-corrected chi connectivity index (χ1v) is 8.71. The molecular formula is C19H21N3O4. The molecule has 0 radical (unpaired) electrons. The summed E-state index contributed by atoms with van der Waals surface area (Å²) < 4.78 is 11.1. The number of hydrogen-bond donors (Lipinski definition) is 2. The monoisotopic (exact) mass is 355 g/mol. The first-order valence-electron chi connectivity index (χ1n) is 8.71. The van der Waals surface area contributed by atoms with E-state index in [1.807, 2.05) is 18.2 Å². The fraction of sp³-hybridized carbons (Fsp3) is 0.368. The smallest absolute Gasteiger partial charge is 0.242 e. The average molecular weight is 355 g/mol. The number of aromatic nitrogens is 1. The van der Waals surface area contributed by atoms with Gasteiger partial charge in [-0.3, -0.25) is 9.78 Å². The molecule has 1 saturated heterocycles. The molecule has 2 N–H and O–H groups in total. The second-order valence-corrected chi connectivity index (χ2v) is 6.42. The van der Waals surface area contributed by atoms with Gasteiger partial charge in [0.05, 0.1) is 19.8 Å². The van der Waals surface area contributed by atoms with Crippen molar-refractivity contribution in [2.45, 2.75) is 12.6 Å². The van der Waals surface area contributed by atoms with Crippen molar-refractivity contribution in [3.05, 3.63) is 42.2 Å². The highest BCUT2D eigenvalue weighted by Gasteiger charge is 2.29. The Morgan fingerprint density at radius 3 is 3.00 bits per heavy atom. The fourth-order valence-corrected chi connectivity index (χ4v) is 3.33. The second kappa shape index (κ2) is 7.31. The zero-order valence-electron chi connectivity index (χ0n) is 14.4. The van der Waals surface area contributed by atoms with E-state index in [4.69, 9.17) is 9.47 Å². The van der Waals surface area contributed by atoms with Crippen molar-refractivity contribution in [1.29, 1.82) is 0 Å². The van der Waals surface area contributed by atoms with E-state index in [0.29, 0.717) is 45.2 Å². The highest BCUT2D eigenvalue weighted by Crippen LogP contribution is 2.37. The predicted molar refractivity (Wildman–Crippen MR) is 94.9 cm³/mol. The van der Waals surface area contributed by atoms with Crippen molar-refractivity contribution >= 4 is 5.91 Å². The molecule has 0 saturated carbocycles. The summed E-state index contributed by atoms with van der Waals surface area (Å²) in [5, 5.41) is 13.6. The van der Waals surface area contributed by atoms with Gasteiger partial charge in [-0.15, -0.1) is 0 Å². The number of nitrogens with zero attached hydrogens (tertiary/aromatic N) is 2. The number of pyridine rings is 1. The lowest BCUT2D eigenvalue weighted by atomic mass is 10.0. The maximum atomic E-state index is 12.8. The summed E-state index contributed by atoms with van der Waals surface area (Å²) in [6, 6.07) is 7.06. The van der Waals surface area contributed by atoms with Crippen LogP contribution in [0.4, 0.5) is 0 Å². The molecule has 3 heterocycles. The van der Waals surface area contributed by atoms with Gasteiger partial charge in [0.25, 0.3) is 0 Å². The van der Waals surface area contributed by atoms with Gasteiger partial charge in [0.1, 0.15) is 12.6 Å². The first kappa shape index (κ1) is 16.8. The average Bonchev–Trinajstić information content (AvgIpc) is 2.91. The minimum absolute atomic E-state index is 0.00702. The quantitative estimate of drug-likeness (QED) is 0.841. The number of amides is 1. The van der Waals surface area contributed by atoms with Gasteiger partial charge in [0.15, 0.2) is 11.5 Å². The molecule has 7 nitrogen and oxygen atoms in total. The van der Waals surface area contributed by atoms with Gasteiger partial charge in [0.2, 0.25) is 5.91 Å². The van der Waals surface area contributed by atoms with Crippen molar-refractivity contribution in [2.24, 2.45) is 0 Å². The second-order valence-electron chi connectivity index (χ2n) is 6.42. The number of phenols is 1. The Morgan fingerprint density at radius 2 is 2.23 bits per heavy atom. The minimum atomic E-state index is -0.333. The lowest BCUT2D eigenvalue weighted by Crippen LogP contribution is -2.52. The van der Waals surface area contributed by atoms with Crippen LogP contribution >= 0.6 is 0 Å². The highest BCUT2D eigenvalue weighted by molar-refractivity contribution is 5.82. The van der Waals surface area contributed by atoms with E-state index in [2.05, 4.69) is 10.3 Å². The van der Waals surface area contributed by atoms with Crippen LogP contribution in [0.1, 0.15) is 5.56 Å². The molecule has 0 spiro atoms. The molecule has 1 amide bonds. The van der Waals surface area contributed by atoms with E-state index in [0.717, 1.165) is 16.7 Å². The van der Waals surface area contributed by atoms with Gasteiger partial charge >= 0.3 is 0 Å². The summed E-state index contributed by atoms with van der Waals surface area (Å²) in [4.78, 5) is 18.7. The molecular weight excluding hydrogens is 334 g/mol. The zero-order chi connectivity index (χ0) is 17.9. The summed E-state index contributed by atoms with van der Waals surface area (Å²) in [5.74, 6) is 0.517. The molecule has 2 aromatic rings. The summed E-state index contributed by atoms with van der Waals surface area (Å²) >= 11 is 0. The Labute approximate surface area is 151 Å². The SMILES string of the molecule is O=C([C@@H]1COCCN1)N1CCOc2c(O)cc(-c3cccnc3)cc2C1. The molecule has 4 rings (SSSR count). The standard InChI is InChI=1S/C19H21N3O4/c23-17-9-14(13-2-1-3-20-10-13)8-15-11-22(5-7-26-18(15)17)19(24)16-12-25-6-4-21-16/h1-3,8-10,16,21,23H,4-7,11-12H2/t16-/m0/s1. The van der Waals surface area contributed by atoms with Crippen LogP contribution in [0.2, 0.25) is 0 Å². The van der Waals surface area contributed by atoms with Gasteiger partial charge in [-0.05, 0) is 23.8 Å². The summed E-state index contributed by atoms with van der Waals surface area (Å²) in [6.07, 6.45) is 3.44. The Kier molecular flexibility index (Phi) is 4.73. The Morgan fingerprint density at radius 1 is 1.31 bits per heavy atom. The van der Waals surface area contributed by atoms with Crippen LogP contribution in [0.5, 0.6) is 11.5 Å². The van der Waals surface area contributed by atoms with E-state index in [9.17, 15) is 9.90 Å². The molecule has 136 valence electrons. The molecule has 0 unspecified atom stereocenters. The lowest BCUT2D eigenvalue weighted by molar-refractivity contribution is -0.137. The molecule has 0 aliphatic carbocycles. The van der Waals surface area contributed by atoms with Crippen LogP contribution in [-0.4, -0.2) is 59.8 Å². The number of fused-ring (bicyclic) bond motifs is 1. The largest absolute Gasteiger partial charge is 0.504 e. The number of carbonyl (C=O) groups is 1. The third-order valence-corrected chi connectivity index (χ3v) is 4.64. The molecule has 26 heavy (non-hydrogen) atoms. The van der Waals surface area contributed by atoms with E-state index in [1.54, 1.807) is 23.4 Å². The van der Waals surface area contributed by atoms with Crippen LogP contribution in [0.3, 0.4) is 0 Å². The Balaban J connectivity index is 1.62. The van der Waals surface area contributed by atoms with Gasteiger partial charge in [-0.2, -0.15) is 0 Å². The van der Waals surface area contributed by atoms with Gasteiger partial charge < -0.3 is 24.8 Å². The third-order valence-electron chi connectivity index (χ3n) is 4.64. The predicted octanol–water partition coefficient (Wildman–Crippen LogP) is 1.16. The molecule has 1 atom stereocenters. The Bertz CT molecular complexity index is 791. The van der Waals surface area contributed by atoms with Gasteiger partial charge in [-0.1, -0.05) is 6.07 Å². The van der Waals surface area contributed by atoms with Crippen LogP contribution < -0.4 is 10.1 Å². The Hall–Kier alpha value is -2.64.